The molecule has 0 aliphatic carbocycles. The minimum absolute atomic E-state index is 0.0186. The molecule has 0 aliphatic rings. The number of benzene rings is 1. The largest absolute Gasteiger partial charge is 0.472 e. The number of rotatable bonds is 6. The van der Waals surface area contributed by atoms with E-state index in [1.807, 2.05) is 48.5 Å². The van der Waals surface area contributed by atoms with Crippen LogP contribution in [-0.2, 0) is 17.8 Å². The van der Waals surface area contributed by atoms with Crippen LogP contribution < -0.4 is 5.32 Å². The van der Waals surface area contributed by atoms with Crippen molar-refractivity contribution in [1.82, 2.24) is 5.32 Å². The lowest BCUT2D eigenvalue weighted by Crippen LogP contribution is -2.22. The number of furan rings is 2. The van der Waals surface area contributed by atoms with E-state index in [1.54, 1.807) is 12.5 Å². The van der Waals surface area contributed by atoms with Gasteiger partial charge in [-0.05, 0) is 30.2 Å². The van der Waals surface area contributed by atoms with Gasteiger partial charge in [0.2, 0.25) is 5.91 Å². The second kappa shape index (κ2) is 6.80. The molecule has 2 heterocycles. The summed E-state index contributed by atoms with van der Waals surface area (Å²) in [6.45, 7) is 0.394. The maximum Gasteiger partial charge on any atom is 0.220 e. The Morgan fingerprint density at radius 2 is 1.91 bits per heavy atom. The van der Waals surface area contributed by atoms with E-state index in [2.05, 4.69) is 5.32 Å². The molecule has 0 saturated heterocycles. The molecule has 22 heavy (non-hydrogen) atoms. The lowest BCUT2D eigenvalue weighted by Gasteiger charge is -2.03. The molecule has 2 aromatic heterocycles. The Bertz CT molecular complexity index is 714. The van der Waals surface area contributed by atoms with Crippen molar-refractivity contribution in [2.75, 3.05) is 0 Å². The van der Waals surface area contributed by atoms with Crippen LogP contribution in [0, 0.1) is 0 Å². The van der Waals surface area contributed by atoms with E-state index >= 15 is 0 Å². The molecule has 0 spiro atoms. The molecule has 1 N–H and O–H groups in total. The van der Waals surface area contributed by atoms with Gasteiger partial charge in [-0.2, -0.15) is 0 Å². The van der Waals surface area contributed by atoms with Crippen molar-refractivity contribution in [2.24, 2.45) is 0 Å². The highest BCUT2D eigenvalue weighted by molar-refractivity contribution is 5.76. The Kier molecular flexibility index (Phi) is 4.39. The fraction of sp³-hybridized carbons (Fsp3) is 0.167. The topological polar surface area (TPSA) is 55.4 Å². The SMILES string of the molecule is O=C(CCc1ccccc1)NCc1ccc(-c2ccoc2)o1. The van der Waals surface area contributed by atoms with Crippen LogP contribution in [0.5, 0.6) is 0 Å². The fourth-order valence-corrected chi connectivity index (χ4v) is 2.21. The molecule has 3 rings (SSSR count). The summed E-state index contributed by atoms with van der Waals surface area (Å²) >= 11 is 0. The van der Waals surface area contributed by atoms with E-state index in [4.69, 9.17) is 8.83 Å². The second-order valence-electron chi connectivity index (χ2n) is 5.04. The average molecular weight is 295 g/mol. The quantitative estimate of drug-likeness (QED) is 0.752. The molecule has 0 atom stereocenters. The van der Waals surface area contributed by atoms with Gasteiger partial charge in [0.05, 0.1) is 18.4 Å². The Morgan fingerprint density at radius 1 is 1.05 bits per heavy atom. The van der Waals surface area contributed by atoms with Crippen molar-refractivity contribution >= 4 is 5.91 Å². The molecule has 4 nitrogen and oxygen atoms in total. The summed E-state index contributed by atoms with van der Waals surface area (Å²) in [5.41, 5.74) is 2.06. The van der Waals surface area contributed by atoms with Gasteiger partial charge < -0.3 is 14.2 Å². The molecule has 0 unspecified atom stereocenters. The molecule has 0 saturated carbocycles. The molecule has 112 valence electrons. The zero-order valence-corrected chi connectivity index (χ0v) is 12.1. The van der Waals surface area contributed by atoms with Crippen LogP contribution in [0.3, 0.4) is 0 Å². The first-order valence-corrected chi connectivity index (χ1v) is 7.23. The summed E-state index contributed by atoms with van der Waals surface area (Å²) in [5.74, 6) is 1.48. The van der Waals surface area contributed by atoms with Gasteiger partial charge in [-0.3, -0.25) is 4.79 Å². The van der Waals surface area contributed by atoms with Crippen LogP contribution in [0.25, 0.3) is 11.3 Å². The van der Waals surface area contributed by atoms with Crippen molar-refractivity contribution in [3.63, 3.8) is 0 Å². The van der Waals surface area contributed by atoms with Gasteiger partial charge in [0, 0.05) is 6.42 Å². The zero-order valence-electron chi connectivity index (χ0n) is 12.1. The van der Waals surface area contributed by atoms with Crippen LogP contribution in [0.1, 0.15) is 17.7 Å². The highest BCUT2D eigenvalue weighted by atomic mass is 16.3. The van der Waals surface area contributed by atoms with E-state index in [1.165, 1.54) is 0 Å². The van der Waals surface area contributed by atoms with E-state index in [0.717, 1.165) is 29.1 Å². The monoisotopic (exact) mass is 295 g/mol. The predicted molar refractivity (Wildman–Crippen MR) is 83.0 cm³/mol. The number of hydrogen-bond acceptors (Lipinski definition) is 3. The number of carbonyl (C=O) groups is 1. The summed E-state index contributed by atoms with van der Waals surface area (Å²) in [6, 6.07) is 15.5. The summed E-state index contributed by atoms with van der Waals surface area (Å²) in [7, 11) is 0. The molecular formula is C18H17NO3. The number of amides is 1. The maximum absolute atomic E-state index is 11.9. The summed E-state index contributed by atoms with van der Waals surface area (Å²) in [6.07, 6.45) is 4.44. The van der Waals surface area contributed by atoms with Gasteiger partial charge >= 0.3 is 0 Å². The molecule has 0 radical (unpaired) electrons. The Labute approximate surface area is 128 Å². The third kappa shape index (κ3) is 3.67. The zero-order chi connectivity index (χ0) is 15.2. The second-order valence-corrected chi connectivity index (χ2v) is 5.04. The number of nitrogens with one attached hydrogen (secondary N) is 1. The van der Waals surface area contributed by atoms with E-state index in [-0.39, 0.29) is 5.91 Å². The molecule has 0 bridgehead atoms. The van der Waals surface area contributed by atoms with Gasteiger partial charge in [0.1, 0.15) is 17.8 Å². The molecular weight excluding hydrogens is 278 g/mol. The number of aryl methyl sites for hydroxylation is 1. The number of hydrogen-bond donors (Lipinski definition) is 1. The van der Waals surface area contributed by atoms with E-state index in [0.29, 0.717) is 13.0 Å². The molecule has 4 heteroatoms. The van der Waals surface area contributed by atoms with Crippen LogP contribution in [0.4, 0.5) is 0 Å². The molecule has 0 aliphatic heterocycles. The number of carbonyl (C=O) groups excluding carboxylic acids is 1. The van der Waals surface area contributed by atoms with E-state index < -0.39 is 0 Å². The minimum Gasteiger partial charge on any atom is -0.472 e. The minimum atomic E-state index is 0.0186. The third-order valence-corrected chi connectivity index (χ3v) is 3.41. The first-order chi connectivity index (χ1) is 10.8. The first-order valence-electron chi connectivity index (χ1n) is 7.23. The summed E-state index contributed by atoms with van der Waals surface area (Å²) < 4.78 is 10.7. The van der Waals surface area contributed by atoms with Gasteiger partial charge in [-0.1, -0.05) is 30.3 Å². The molecule has 1 amide bonds. The van der Waals surface area contributed by atoms with Gasteiger partial charge in [0.25, 0.3) is 0 Å². The lowest BCUT2D eigenvalue weighted by atomic mass is 10.1. The summed E-state index contributed by atoms with van der Waals surface area (Å²) in [5, 5.41) is 2.87. The third-order valence-electron chi connectivity index (χ3n) is 3.41. The van der Waals surface area contributed by atoms with Crippen LogP contribution in [-0.4, -0.2) is 5.91 Å². The Morgan fingerprint density at radius 3 is 2.68 bits per heavy atom. The predicted octanol–water partition coefficient (Wildman–Crippen LogP) is 3.79. The Balaban J connectivity index is 1.47. The summed E-state index contributed by atoms with van der Waals surface area (Å²) in [4.78, 5) is 11.9. The highest BCUT2D eigenvalue weighted by Gasteiger charge is 2.07. The smallest absolute Gasteiger partial charge is 0.220 e. The molecule has 0 fully saturated rings. The normalized spacial score (nSPS) is 10.5. The standard InChI is InChI=1S/C18H17NO3/c20-18(9-6-14-4-2-1-3-5-14)19-12-16-7-8-17(22-16)15-10-11-21-13-15/h1-5,7-8,10-11,13H,6,9,12H2,(H,19,20). The van der Waals surface area contributed by atoms with Crippen LogP contribution >= 0.6 is 0 Å². The van der Waals surface area contributed by atoms with E-state index in [9.17, 15) is 4.79 Å². The van der Waals surface area contributed by atoms with Gasteiger partial charge in [-0.15, -0.1) is 0 Å². The highest BCUT2D eigenvalue weighted by Crippen LogP contribution is 2.22. The fourth-order valence-electron chi connectivity index (χ4n) is 2.21. The first kappa shape index (κ1) is 14.2. The van der Waals surface area contributed by atoms with Crippen molar-refractivity contribution in [3.8, 4) is 11.3 Å². The lowest BCUT2D eigenvalue weighted by molar-refractivity contribution is -0.121. The van der Waals surface area contributed by atoms with Crippen molar-refractivity contribution in [2.45, 2.75) is 19.4 Å². The van der Waals surface area contributed by atoms with Crippen molar-refractivity contribution < 1.29 is 13.6 Å². The van der Waals surface area contributed by atoms with Crippen molar-refractivity contribution in [3.05, 3.63) is 72.4 Å². The Hall–Kier alpha value is -2.75. The average Bonchev–Trinajstić information content (AvgIpc) is 3.22. The van der Waals surface area contributed by atoms with Crippen LogP contribution in [0.15, 0.2) is 69.9 Å². The van der Waals surface area contributed by atoms with Gasteiger partial charge in [-0.25, -0.2) is 0 Å². The molecule has 3 aromatic rings. The van der Waals surface area contributed by atoms with Crippen molar-refractivity contribution in [1.29, 1.82) is 0 Å². The molecule has 1 aromatic carbocycles. The maximum atomic E-state index is 11.9. The van der Waals surface area contributed by atoms with Gasteiger partial charge in [0.15, 0.2) is 0 Å². The van der Waals surface area contributed by atoms with Crippen LogP contribution in [0.2, 0.25) is 0 Å².